The number of rotatable bonds is 10. The Hall–Kier alpha value is -1.96. The third-order valence-corrected chi connectivity index (χ3v) is 10.0. The molecule has 2 saturated carbocycles. The van der Waals surface area contributed by atoms with E-state index >= 15 is 0 Å². The highest BCUT2D eigenvalue weighted by atomic mass is 32.2. The molecular formula is C29H39FN2O3S. The van der Waals surface area contributed by atoms with Crippen molar-refractivity contribution in [3.8, 4) is 5.75 Å². The Kier molecular flexibility index (Phi) is 7.99. The summed E-state index contributed by atoms with van der Waals surface area (Å²) in [4.78, 5) is -0.267. The molecule has 0 radical (unpaired) electrons. The maximum atomic E-state index is 13.9. The summed E-state index contributed by atoms with van der Waals surface area (Å²) in [7, 11) is -2.07. The summed E-state index contributed by atoms with van der Waals surface area (Å²) >= 11 is 0. The normalized spacial score (nSPS) is 26.4. The Morgan fingerprint density at radius 2 is 1.61 bits per heavy atom. The van der Waals surface area contributed by atoms with Crippen molar-refractivity contribution in [2.45, 2.75) is 74.6 Å². The summed E-state index contributed by atoms with van der Waals surface area (Å²) in [6, 6.07) is 12.7. The van der Waals surface area contributed by atoms with Crippen LogP contribution >= 0.6 is 0 Å². The lowest BCUT2D eigenvalue weighted by Gasteiger charge is -2.37. The Bertz CT molecular complexity index is 1140. The summed E-state index contributed by atoms with van der Waals surface area (Å²) in [5.41, 5.74) is 2.97. The Morgan fingerprint density at radius 3 is 2.31 bits per heavy atom. The SMILES string of the molecule is COc1ccc2c(c1)CCC(NCC1CCC(CNS(=O)(=O)c3ccccc3F)CC1)C2CC1CC1. The van der Waals surface area contributed by atoms with Gasteiger partial charge in [-0.2, -0.15) is 0 Å². The molecule has 5 rings (SSSR count). The van der Waals surface area contributed by atoms with E-state index in [-0.39, 0.29) is 4.90 Å². The van der Waals surface area contributed by atoms with Gasteiger partial charge in [0.05, 0.1) is 7.11 Å². The van der Waals surface area contributed by atoms with Crippen molar-refractivity contribution in [1.82, 2.24) is 10.0 Å². The molecule has 0 heterocycles. The van der Waals surface area contributed by atoms with E-state index in [4.69, 9.17) is 4.74 Å². The van der Waals surface area contributed by atoms with E-state index in [1.54, 1.807) is 13.2 Å². The van der Waals surface area contributed by atoms with E-state index in [1.165, 1.54) is 55.0 Å². The van der Waals surface area contributed by atoms with E-state index < -0.39 is 15.8 Å². The second kappa shape index (κ2) is 11.2. The van der Waals surface area contributed by atoms with Gasteiger partial charge in [-0.1, -0.05) is 31.0 Å². The van der Waals surface area contributed by atoms with Gasteiger partial charge in [0, 0.05) is 12.6 Å². The van der Waals surface area contributed by atoms with Gasteiger partial charge in [-0.3, -0.25) is 0 Å². The predicted molar refractivity (Wildman–Crippen MR) is 140 cm³/mol. The van der Waals surface area contributed by atoms with E-state index in [0.29, 0.717) is 30.3 Å². The minimum absolute atomic E-state index is 0.267. The largest absolute Gasteiger partial charge is 0.497 e. The molecule has 3 aliphatic rings. The zero-order chi connectivity index (χ0) is 25.1. The monoisotopic (exact) mass is 514 g/mol. The van der Waals surface area contributed by atoms with Gasteiger partial charge in [0.1, 0.15) is 16.5 Å². The molecule has 196 valence electrons. The van der Waals surface area contributed by atoms with Gasteiger partial charge in [0.25, 0.3) is 0 Å². The van der Waals surface area contributed by atoms with Crippen molar-refractivity contribution in [3.05, 3.63) is 59.4 Å². The number of nitrogens with one attached hydrogen (secondary N) is 2. The third kappa shape index (κ3) is 6.12. The minimum atomic E-state index is -3.81. The summed E-state index contributed by atoms with van der Waals surface area (Å²) in [6.45, 7) is 1.41. The zero-order valence-electron chi connectivity index (χ0n) is 21.2. The molecule has 5 nitrogen and oxygen atoms in total. The van der Waals surface area contributed by atoms with Crippen LogP contribution in [0, 0.1) is 23.6 Å². The first-order valence-electron chi connectivity index (χ1n) is 13.6. The number of ether oxygens (including phenoxy) is 1. The third-order valence-electron chi connectivity index (χ3n) is 8.57. The lowest BCUT2D eigenvalue weighted by atomic mass is 9.76. The summed E-state index contributed by atoms with van der Waals surface area (Å²) < 4.78 is 47.0. The van der Waals surface area contributed by atoms with Gasteiger partial charge in [0.2, 0.25) is 10.0 Å². The highest BCUT2D eigenvalue weighted by Crippen LogP contribution is 2.44. The lowest BCUT2D eigenvalue weighted by molar-refractivity contribution is 0.250. The van der Waals surface area contributed by atoms with Gasteiger partial charge in [0.15, 0.2) is 0 Å². The van der Waals surface area contributed by atoms with Crippen molar-refractivity contribution in [3.63, 3.8) is 0 Å². The number of halogens is 1. The lowest BCUT2D eigenvalue weighted by Crippen LogP contribution is -2.42. The van der Waals surface area contributed by atoms with Crippen molar-refractivity contribution in [2.75, 3.05) is 20.2 Å². The van der Waals surface area contributed by atoms with Gasteiger partial charge in [-0.25, -0.2) is 17.5 Å². The molecule has 0 saturated heterocycles. The number of aryl methyl sites for hydroxylation is 1. The first kappa shape index (κ1) is 25.7. The summed E-state index contributed by atoms with van der Waals surface area (Å²) in [6.07, 6.45) is 10.5. The molecule has 2 fully saturated rings. The fourth-order valence-corrected chi connectivity index (χ4v) is 7.38. The average molecular weight is 515 g/mol. The van der Waals surface area contributed by atoms with Crippen LogP contribution in [0.4, 0.5) is 4.39 Å². The van der Waals surface area contributed by atoms with E-state index in [0.717, 1.165) is 50.3 Å². The Morgan fingerprint density at radius 1 is 0.917 bits per heavy atom. The average Bonchev–Trinajstić information content (AvgIpc) is 3.71. The molecule has 7 heteroatoms. The number of hydrogen-bond acceptors (Lipinski definition) is 4. The number of fused-ring (bicyclic) bond motifs is 1. The maximum absolute atomic E-state index is 13.9. The Labute approximate surface area is 215 Å². The smallest absolute Gasteiger partial charge is 0.243 e. The molecule has 0 aliphatic heterocycles. The molecule has 2 atom stereocenters. The standard InChI is InChI=1S/C29H39FN2O3S/c1-35-24-13-14-25-23(17-24)12-15-28(26(25)16-20-6-7-20)31-18-21-8-10-22(11-9-21)19-32-36(33,34)29-5-3-2-4-27(29)30/h2-5,13-14,17,20-22,26,28,31-32H,6-12,15-16,18-19H2,1H3. The summed E-state index contributed by atoms with van der Waals surface area (Å²) in [5, 5.41) is 3.96. The van der Waals surface area contributed by atoms with Crippen LogP contribution in [0.15, 0.2) is 47.4 Å². The molecule has 0 bridgehead atoms. The van der Waals surface area contributed by atoms with E-state index in [1.807, 2.05) is 0 Å². The fourth-order valence-electron chi connectivity index (χ4n) is 6.19. The van der Waals surface area contributed by atoms with Gasteiger partial charge < -0.3 is 10.1 Å². The second-order valence-corrected chi connectivity index (χ2v) is 12.8. The van der Waals surface area contributed by atoms with Crippen LogP contribution in [-0.2, 0) is 16.4 Å². The van der Waals surface area contributed by atoms with Crippen LogP contribution in [0.25, 0.3) is 0 Å². The molecular weight excluding hydrogens is 475 g/mol. The maximum Gasteiger partial charge on any atom is 0.243 e. The van der Waals surface area contributed by atoms with Crippen LogP contribution in [0.1, 0.15) is 68.4 Å². The van der Waals surface area contributed by atoms with Crippen molar-refractivity contribution in [2.24, 2.45) is 17.8 Å². The van der Waals surface area contributed by atoms with Crippen LogP contribution in [0.2, 0.25) is 0 Å². The molecule has 2 N–H and O–H groups in total. The molecule has 0 aromatic heterocycles. The predicted octanol–water partition coefficient (Wildman–Crippen LogP) is 5.41. The van der Waals surface area contributed by atoms with Crippen LogP contribution in [0.5, 0.6) is 5.75 Å². The number of hydrogen-bond donors (Lipinski definition) is 2. The first-order chi connectivity index (χ1) is 17.4. The van der Waals surface area contributed by atoms with Crippen LogP contribution < -0.4 is 14.8 Å². The molecule has 0 spiro atoms. The van der Waals surface area contributed by atoms with Crippen molar-refractivity contribution in [1.29, 1.82) is 0 Å². The fraction of sp³-hybridized carbons (Fsp3) is 0.586. The topological polar surface area (TPSA) is 67.4 Å². The number of sulfonamides is 1. The van der Waals surface area contributed by atoms with Crippen molar-refractivity contribution >= 4 is 10.0 Å². The summed E-state index contributed by atoms with van der Waals surface area (Å²) in [5.74, 6) is 2.65. The second-order valence-electron chi connectivity index (χ2n) is 11.1. The van der Waals surface area contributed by atoms with Crippen LogP contribution in [0.3, 0.4) is 0 Å². The van der Waals surface area contributed by atoms with E-state index in [2.05, 4.69) is 28.2 Å². The van der Waals surface area contributed by atoms with Gasteiger partial charge in [-0.15, -0.1) is 0 Å². The van der Waals surface area contributed by atoms with E-state index in [9.17, 15) is 12.8 Å². The van der Waals surface area contributed by atoms with Crippen LogP contribution in [-0.4, -0.2) is 34.7 Å². The number of methoxy groups -OCH3 is 1. The minimum Gasteiger partial charge on any atom is -0.497 e. The van der Waals surface area contributed by atoms with Crippen molar-refractivity contribution < 1.29 is 17.5 Å². The molecule has 36 heavy (non-hydrogen) atoms. The molecule has 2 unspecified atom stereocenters. The van der Waals surface area contributed by atoms with Gasteiger partial charge >= 0.3 is 0 Å². The molecule has 2 aromatic rings. The zero-order valence-corrected chi connectivity index (χ0v) is 22.0. The molecule has 0 amide bonds. The highest BCUT2D eigenvalue weighted by Gasteiger charge is 2.35. The highest BCUT2D eigenvalue weighted by molar-refractivity contribution is 7.89. The van der Waals surface area contributed by atoms with Gasteiger partial charge in [-0.05, 0) is 111 Å². The Balaban J connectivity index is 1.11. The quantitative estimate of drug-likeness (QED) is 0.445. The molecule has 3 aliphatic carbocycles. The first-order valence-corrected chi connectivity index (χ1v) is 15.1. The molecule has 2 aromatic carbocycles. The number of benzene rings is 2.